The van der Waals surface area contributed by atoms with Crippen LogP contribution in [0.25, 0.3) is 0 Å². The molecule has 3 rings (SSSR count). The van der Waals surface area contributed by atoms with E-state index in [-0.39, 0.29) is 5.91 Å². The second-order valence-electron chi connectivity index (χ2n) is 6.71. The van der Waals surface area contributed by atoms with Gasteiger partial charge in [-0.3, -0.25) is 4.79 Å². The van der Waals surface area contributed by atoms with Crippen molar-refractivity contribution in [1.29, 1.82) is 0 Å². The number of hydrogen-bond acceptors (Lipinski definition) is 5. The first-order chi connectivity index (χ1) is 15.0. The lowest BCUT2D eigenvalue weighted by Crippen LogP contribution is -2.18. The molecule has 0 saturated heterocycles. The zero-order chi connectivity index (χ0) is 22.2. The first-order valence-corrected chi connectivity index (χ1v) is 9.92. The van der Waals surface area contributed by atoms with E-state index in [2.05, 4.69) is 10.5 Å². The number of benzene rings is 3. The van der Waals surface area contributed by atoms with Crippen molar-refractivity contribution in [1.82, 2.24) is 5.43 Å². The predicted octanol–water partition coefficient (Wildman–Crippen LogP) is 5.01. The van der Waals surface area contributed by atoms with E-state index >= 15 is 0 Å². The van der Waals surface area contributed by atoms with Gasteiger partial charge < -0.3 is 14.2 Å². The quantitative estimate of drug-likeness (QED) is 0.396. The number of amides is 1. The van der Waals surface area contributed by atoms with Crippen molar-refractivity contribution >= 4 is 23.7 Å². The third-order valence-corrected chi connectivity index (χ3v) is 4.74. The molecule has 0 unspecified atom stereocenters. The minimum Gasteiger partial charge on any atom is -0.496 e. The Morgan fingerprint density at radius 3 is 2.48 bits per heavy atom. The smallest absolute Gasteiger partial charge is 0.275 e. The van der Waals surface area contributed by atoms with E-state index in [1.807, 2.05) is 43.3 Å². The summed E-state index contributed by atoms with van der Waals surface area (Å²) in [5, 5.41) is 4.40. The van der Waals surface area contributed by atoms with Crippen LogP contribution in [-0.4, -0.2) is 26.3 Å². The van der Waals surface area contributed by atoms with Gasteiger partial charge in [0.05, 0.1) is 31.0 Å². The molecule has 3 aromatic rings. The topological polar surface area (TPSA) is 69.2 Å². The van der Waals surface area contributed by atoms with E-state index in [9.17, 15) is 4.79 Å². The van der Waals surface area contributed by atoms with E-state index in [0.29, 0.717) is 40.0 Å². The van der Waals surface area contributed by atoms with E-state index < -0.39 is 0 Å². The molecule has 0 aromatic heterocycles. The molecule has 7 heteroatoms. The molecule has 3 aromatic carbocycles. The fraction of sp³-hybridized carbons (Fsp3) is 0.167. The second-order valence-corrected chi connectivity index (χ2v) is 7.12. The van der Waals surface area contributed by atoms with Crippen molar-refractivity contribution in [2.75, 3.05) is 14.2 Å². The summed E-state index contributed by atoms with van der Waals surface area (Å²) in [5.74, 6) is 1.02. The molecule has 6 nitrogen and oxygen atoms in total. The molecule has 0 aliphatic rings. The summed E-state index contributed by atoms with van der Waals surface area (Å²) in [5.41, 5.74) is 5.54. The first-order valence-electron chi connectivity index (χ1n) is 9.54. The number of hydrazone groups is 1. The van der Waals surface area contributed by atoms with Crippen LogP contribution in [0.15, 0.2) is 65.8 Å². The predicted molar refractivity (Wildman–Crippen MR) is 122 cm³/mol. The van der Waals surface area contributed by atoms with Gasteiger partial charge in [-0.1, -0.05) is 48.0 Å². The molecular formula is C24H23ClN2O4. The minimum atomic E-state index is -0.381. The summed E-state index contributed by atoms with van der Waals surface area (Å²) in [4.78, 5) is 12.4. The summed E-state index contributed by atoms with van der Waals surface area (Å²) < 4.78 is 16.5. The van der Waals surface area contributed by atoms with Crippen molar-refractivity contribution < 1.29 is 19.0 Å². The van der Waals surface area contributed by atoms with Gasteiger partial charge in [0.15, 0.2) is 11.5 Å². The average molecular weight is 439 g/mol. The number of ether oxygens (including phenoxy) is 3. The largest absolute Gasteiger partial charge is 0.496 e. The van der Waals surface area contributed by atoms with Crippen LogP contribution in [0.1, 0.15) is 27.0 Å². The SMILES string of the molecule is COc1cc(C)ccc1C(=O)N/N=C\c1cc(Cl)c(OCc2ccccc2)c(OC)c1. The number of hydrogen-bond donors (Lipinski definition) is 1. The van der Waals surface area contributed by atoms with Crippen molar-refractivity contribution in [3.05, 3.63) is 87.9 Å². The van der Waals surface area contributed by atoms with Crippen LogP contribution in [-0.2, 0) is 6.61 Å². The molecule has 0 spiro atoms. The highest BCUT2D eigenvalue weighted by molar-refractivity contribution is 6.32. The molecule has 0 aliphatic carbocycles. The zero-order valence-electron chi connectivity index (χ0n) is 17.5. The number of carbonyl (C=O) groups is 1. The molecule has 0 heterocycles. The van der Waals surface area contributed by atoms with Crippen LogP contribution in [0.3, 0.4) is 0 Å². The van der Waals surface area contributed by atoms with Crippen LogP contribution < -0.4 is 19.6 Å². The van der Waals surface area contributed by atoms with Crippen molar-refractivity contribution in [2.24, 2.45) is 5.10 Å². The van der Waals surface area contributed by atoms with E-state index in [4.69, 9.17) is 25.8 Å². The standard InChI is InChI=1S/C24H23ClN2O4/c1-16-9-10-19(21(11-16)29-2)24(28)27-26-14-18-12-20(25)23(22(13-18)30-3)31-15-17-7-5-4-6-8-17/h4-14H,15H2,1-3H3,(H,27,28)/b26-14-. The number of nitrogens with zero attached hydrogens (tertiary/aromatic N) is 1. The van der Waals surface area contributed by atoms with Gasteiger partial charge in [0.2, 0.25) is 0 Å². The number of aryl methyl sites for hydroxylation is 1. The molecule has 1 N–H and O–H groups in total. The molecule has 1 amide bonds. The van der Waals surface area contributed by atoms with Crippen molar-refractivity contribution in [2.45, 2.75) is 13.5 Å². The second kappa shape index (κ2) is 10.5. The van der Waals surface area contributed by atoms with Gasteiger partial charge in [-0.15, -0.1) is 0 Å². The molecule has 0 fully saturated rings. The summed E-state index contributed by atoms with van der Waals surface area (Å²) in [6.07, 6.45) is 1.48. The van der Waals surface area contributed by atoms with Crippen LogP contribution >= 0.6 is 11.6 Å². The fourth-order valence-corrected chi connectivity index (χ4v) is 3.17. The van der Waals surface area contributed by atoms with Crippen LogP contribution in [0.5, 0.6) is 17.2 Å². The van der Waals surface area contributed by atoms with Crippen molar-refractivity contribution in [3.63, 3.8) is 0 Å². The van der Waals surface area contributed by atoms with Gasteiger partial charge in [0.25, 0.3) is 5.91 Å². The maximum atomic E-state index is 12.4. The van der Waals surface area contributed by atoms with Gasteiger partial charge in [-0.2, -0.15) is 5.10 Å². The maximum Gasteiger partial charge on any atom is 0.275 e. The highest BCUT2D eigenvalue weighted by atomic mass is 35.5. The van der Waals surface area contributed by atoms with Crippen LogP contribution in [0.4, 0.5) is 0 Å². The molecule has 0 bridgehead atoms. The Balaban J connectivity index is 1.71. The normalized spacial score (nSPS) is 10.7. The molecule has 0 saturated carbocycles. The highest BCUT2D eigenvalue weighted by Gasteiger charge is 2.13. The lowest BCUT2D eigenvalue weighted by molar-refractivity contribution is 0.0952. The molecule has 160 valence electrons. The first kappa shape index (κ1) is 22.2. The number of carbonyl (C=O) groups excluding carboxylic acids is 1. The highest BCUT2D eigenvalue weighted by Crippen LogP contribution is 2.36. The Morgan fingerprint density at radius 2 is 1.77 bits per heavy atom. The zero-order valence-corrected chi connectivity index (χ0v) is 18.3. The monoisotopic (exact) mass is 438 g/mol. The summed E-state index contributed by atoms with van der Waals surface area (Å²) >= 11 is 6.40. The molecule has 0 atom stereocenters. The third kappa shape index (κ3) is 5.77. The Hall–Kier alpha value is -3.51. The van der Waals surface area contributed by atoms with Crippen LogP contribution in [0, 0.1) is 6.92 Å². The van der Waals surface area contributed by atoms with Gasteiger partial charge >= 0.3 is 0 Å². The van der Waals surface area contributed by atoms with Gasteiger partial charge in [0.1, 0.15) is 12.4 Å². The van der Waals surface area contributed by atoms with Gasteiger partial charge in [-0.05, 0) is 47.9 Å². The van der Waals surface area contributed by atoms with Gasteiger partial charge in [0, 0.05) is 0 Å². The van der Waals surface area contributed by atoms with E-state index in [1.165, 1.54) is 20.4 Å². The molecule has 0 aliphatic heterocycles. The van der Waals surface area contributed by atoms with Crippen molar-refractivity contribution in [3.8, 4) is 17.2 Å². The Kier molecular flexibility index (Phi) is 7.51. The Labute approximate surface area is 186 Å². The lowest BCUT2D eigenvalue weighted by atomic mass is 10.1. The van der Waals surface area contributed by atoms with E-state index in [0.717, 1.165) is 11.1 Å². The summed E-state index contributed by atoms with van der Waals surface area (Å²) in [7, 11) is 3.05. The Bertz CT molecular complexity index is 1080. The summed E-state index contributed by atoms with van der Waals surface area (Å²) in [6.45, 7) is 2.28. The average Bonchev–Trinajstić information content (AvgIpc) is 2.78. The molecular weight excluding hydrogens is 416 g/mol. The Morgan fingerprint density at radius 1 is 1.03 bits per heavy atom. The maximum absolute atomic E-state index is 12.4. The van der Waals surface area contributed by atoms with Crippen LogP contribution in [0.2, 0.25) is 5.02 Å². The summed E-state index contributed by atoms with van der Waals surface area (Å²) in [6, 6.07) is 18.5. The lowest BCUT2D eigenvalue weighted by Gasteiger charge is -2.13. The molecule has 0 radical (unpaired) electrons. The minimum absolute atomic E-state index is 0.360. The molecule has 31 heavy (non-hydrogen) atoms. The third-order valence-electron chi connectivity index (χ3n) is 4.46. The van der Waals surface area contributed by atoms with Gasteiger partial charge in [-0.25, -0.2) is 5.43 Å². The fourth-order valence-electron chi connectivity index (χ4n) is 2.90. The van der Waals surface area contributed by atoms with E-state index in [1.54, 1.807) is 24.3 Å². The number of methoxy groups -OCH3 is 2. The number of halogens is 1. The number of rotatable bonds is 8. The number of nitrogens with one attached hydrogen (secondary N) is 1.